The Hall–Kier alpha value is -0.770. The van der Waals surface area contributed by atoms with Crippen LogP contribution in [0, 0.1) is 0 Å². The molecule has 0 bridgehead atoms. The van der Waals surface area contributed by atoms with E-state index >= 15 is 0 Å². The Morgan fingerprint density at radius 2 is 0.722 bits per heavy atom. The van der Waals surface area contributed by atoms with Crippen LogP contribution in [0.4, 0.5) is 0 Å². The Morgan fingerprint density at radius 1 is 0.389 bits per heavy atom. The van der Waals surface area contributed by atoms with Crippen LogP contribution in [0.2, 0.25) is 0 Å². The van der Waals surface area contributed by atoms with Crippen LogP contribution in [0.25, 0.3) is 0 Å². The van der Waals surface area contributed by atoms with Gasteiger partial charge < -0.3 is 33.2 Å². The molecule has 8 heteroatoms. The molecule has 0 aliphatic heterocycles. The second-order valence-electron chi connectivity index (χ2n) is 8.83. The van der Waals surface area contributed by atoms with Crippen LogP contribution in [0.3, 0.4) is 0 Å². The van der Waals surface area contributed by atoms with E-state index in [0.717, 1.165) is 19.4 Å². The third-order valence-electron chi connectivity index (χ3n) is 5.45. The molecule has 36 heavy (non-hydrogen) atoms. The number of esters is 1. The number of rotatable bonds is 31. The average Bonchev–Trinajstić information content (AvgIpc) is 2.88. The van der Waals surface area contributed by atoms with Crippen LogP contribution in [0.1, 0.15) is 90.9 Å². The molecule has 0 aliphatic rings. The van der Waals surface area contributed by atoms with Gasteiger partial charge in [0.25, 0.3) is 0 Å². The third kappa shape index (κ3) is 31.3. The molecule has 0 aliphatic carbocycles. The highest BCUT2D eigenvalue weighted by Gasteiger charge is 2.00. The summed E-state index contributed by atoms with van der Waals surface area (Å²) in [4.78, 5) is 11.2. The van der Waals surface area contributed by atoms with Gasteiger partial charge in [-0.05, 0) is 12.8 Å². The van der Waals surface area contributed by atoms with Crippen molar-refractivity contribution in [3.63, 3.8) is 0 Å². The van der Waals surface area contributed by atoms with Crippen molar-refractivity contribution in [3.8, 4) is 0 Å². The molecule has 0 unspecified atom stereocenters. The molecule has 0 rings (SSSR count). The standard InChI is InChI=1S/C28H56O8/c1-3-5-6-7-8-9-10-11-12-13-15-30-16-17-31-18-19-32-20-21-33-22-23-34-24-25-35-26-27-36-28(29)14-4-2/h3-27H2,1-2H3. The quantitative estimate of drug-likeness (QED) is 0.0894. The molecule has 0 saturated heterocycles. The molecule has 0 radical (unpaired) electrons. The lowest BCUT2D eigenvalue weighted by Gasteiger charge is -2.08. The predicted molar refractivity (Wildman–Crippen MR) is 143 cm³/mol. The number of unbranched alkanes of at least 4 members (excludes halogenated alkanes) is 9. The summed E-state index contributed by atoms with van der Waals surface area (Å²) >= 11 is 0. The summed E-state index contributed by atoms with van der Waals surface area (Å²) in [6.45, 7) is 11.2. The van der Waals surface area contributed by atoms with E-state index in [4.69, 9.17) is 33.2 Å². The maximum absolute atomic E-state index is 11.2. The Bertz CT molecular complexity index is 422. The summed E-state index contributed by atoms with van der Waals surface area (Å²) in [5.41, 5.74) is 0. The fourth-order valence-corrected chi connectivity index (χ4v) is 3.38. The Morgan fingerprint density at radius 3 is 1.11 bits per heavy atom. The zero-order valence-electron chi connectivity index (χ0n) is 23.4. The highest BCUT2D eigenvalue weighted by Crippen LogP contribution is 2.10. The van der Waals surface area contributed by atoms with Crippen molar-refractivity contribution in [2.75, 3.05) is 85.9 Å². The topological polar surface area (TPSA) is 81.7 Å². The predicted octanol–water partition coefficient (Wildman–Crippen LogP) is 5.35. The van der Waals surface area contributed by atoms with E-state index in [-0.39, 0.29) is 5.97 Å². The first-order valence-electron chi connectivity index (χ1n) is 14.4. The summed E-state index contributed by atoms with van der Waals surface area (Å²) in [5.74, 6) is -0.175. The maximum atomic E-state index is 11.2. The van der Waals surface area contributed by atoms with E-state index < -0.39 is 0 Å². The smallest absolute Gasteiger partial charge is 0.305 e. The van der Waals surface area contributed by atoms with E-state index in [2.05, 4.69) is 6.92 Å². The van der Waals surface area contributed by atoms with Gasteiger partial charge in [0.05, 0.1) is 72.7 Å². The highest BCUT2D eigenvalue weighted by atomic mass is 16.6. The lowest BCUT2D eigenvalue weighted by atomic mass is 10.1. The molecule has 0 amide bonds. The normalized spacial score (nSPS) is 11.3. The Balaban J connectivity index is 3.04. The minimum Gasteiger partial charge on any atom is -0.463 e. The van der Waals surface area contributed by atoms with Crippen LogP contribution in [-0.4, -0.2) is 91.9 Å². The lowest BCUT2D eigenvalue weighted by Crippen LogP contribution is -2.15. The number of hydrogen-bond acceptors (Lipinski definition) is 8. The summed E-state index contributed by atoms with van der Waals surface area (Å²) in [5, 5.41) is 0. The minimum absolute atomic E-state index is 0.175. The van der Waals surface area contributed by atoms with Crippen molar-refractivity contribution >= 4 is 5.97 Å². The first-order chi connectivity index (χ1) is 17.8. The van der Waals surface area contributed by atoms with Crippen LogP contribution in [0.5, 0.6) is 0 Å². The molecule has 0 aromatic carbocycles. The summed E-state index contributed by atoms with van der Waals surface area (Å²) in [6.07, 6.45) is 14.7. The van der Waals surface area contributed by atoms with Gasteiger partial charge in [-0.2, -0.15) is 0 Å². The molecule has 0 fully saturated rings. The summed E-state index contributed by atoms with van der Waals surface area (Å²) in [7, 11) is 0. The molecule has 216 valence electrons. The minimum atomic E-state index is -0.175. The van der Waals surface area contributed by atoms with E-state index in [1.165, 1.54) is 57.8 Å². The van der Waals surface area contributed by atoms with E-state index in [0.29, 0.717) is 85.7 Å². The molecule has 0 saturated carbocycles. The molecule has 0 atom stereocenters. The van der Waals surface area contributed by atoms with Crippen molar-refractivity contribution in [1.29, 1.82) is 0 Å². The van der Waals surface area contributed by atoms with Crippen molar-refractivity contribution in [2.24, 2.45) is 0 Å². The van der Waals surface area contributed by atoms with E-state index in [1.54, 1.807) is 0 Å². The first-order valence-corrected chi connectivity index (χ1v) is 14.4. The molecule has 0 spiro atoms. The molecular weight excluding hydrogens is 464 g/mol. The monoisotopic (exact) mass is 520 g/mol. The molecule has 0 aromatic rings. The summed E-state index contributed by atoms with van der Waals surface area (Å²) < 4.78 is 37.8. The van der Waals surface area contributed by atoms with Crippen molar-refractivity contribution in [2.45, 2.75) is 90.9 Å². The molecule has 0 N–H and O–H groups in total. The maximum Gasteiger partial charge on any atom is 0.305 e. The number of ether oxygens (including phenoxy) is 7. The average molecular weight is 521 g/mol. The van der Waals surface area contributed by atoms with Gasteiger partial charge in [-0.1, -0.05) is 71.6 Å². The molecular formula is C28H56O8. The molecule has 8 nitrogen and oxygen atoms in total. The van der Waals surface area contributed by atoms with Crippen LogP contribution in [-0.2, 0) is 38.0 Å². The first kappa shape index (κ1) is 35.2. The zero-order valence-corrected chi connectivity index (χ0v) is 23.4. The summed E-state index contributed by atoms with van der Waals surface area (Å²) in [6, 6.07) is 0. The highest BCUT2D eigenvalue weighted by molar-refractivity contribution is 5.69. The van der Waals surface area contributed by atoms with Gasteiger partial charge in [-0.3, -0.25) is 4.79 Å². The largest absolute Gasteiger partial charge is 0.463 e. The van der Waals surface area contributed by atoms with E-state index in [9.17, 15) is 4.79 Å². The number of carbonyl (C=O) groups is 1. The van der Waals surface area contributed by atoms with Gasteiger partial charge in [0.15, 0.2) is 0 Å². The molecule has 0 aromatic heterocycles. The number of hydrogen-bond donors (Lipinski definition) is 0. The third-order valence-corrected chi connectivity index (χ3v) is 5.45. The second-order valence-corrected chi connectivity index (χ2v) is 8.83. The zero-order chi connectivity index (χ0) is 26.2. The SMILES string of the molecule is CCCCCCCCCCCCOCCOCCOCCOCCOCCOCCOC(=O)CCC. The fourth-order valence-electron chi connectivity index (χ4n) is 3.38. The second kappa shape index (κ2) is 32.3. The van der Waals surface area contributed by atoms with Crippen LogP contribution in [0.15, 0.2) is 0 Å². The lowest BCUT2D eigenvalue weighted by molar-refractivity contribution is -0.145. The van der Waals surface area contributed by atoms with Crippen molar-refractivity contribution < 1.29 is 38.0 Å². The molecule has 0 heterocycles. The van der Waals surface area contributed by atoms with Gasteiger partial charge in [0.1, 0.15) is 6.61 Å². The Labute approximate surface area is 221 Å². The number of carbonyl (C=O) groups excluding carboxylic acids is 1. The Kier molecular flexibility index (Phi) is 31.6. The van der Waals surface area contributed by atoms with Gasteiger partial charge in [-0.15, -0.1) is 0 Å². The van der Waals surface area contributed by atoms with Gasteiger partial charge in [0.2, 0.25) is 0 Å². The van der Waals surface area contributed by atoms with Crippen molar-refractivity contribution in [3.05, 3.63) is 0 Å². The van der Waals surface area contributed by atoms with Gasteiger partial charge in [0, 0.05) is 13.0 Å². The van der Waals surface area contributed by atoms with Crippen LogP contribution < -0.4 is 0 Å². The van der Waals surface area contributed by atoms with Gasteiger partial charge in [-0.25, -0.2) is 0 Å². The van der Waals surface area contributed by atoms with E-state index in [1.807, 2.05) is 6.92 Å². The van der Waals surface area contributed by atoms with Gasteiger partial charge >= 0.3 is 5.97 Å². The fraction of sp³-hybridized carbons (Fsp3) is 0.964. The van der Waals surface area contributed by atoms with Crippen molar-refractivity contribution in [1.82, 2.24) is 0 Å². The van der Waals surface area contributed by atoms with Crippen LogP contribution >= 0.6 is 0 Å².